The van der Waals surface area contributed by atoms with Gasteiger partial charge in [0.25, 0.3) is 5.91 Å². The lowest BCUT2D eigenvalue weighted by atomic mass is 10.1. The summed E-state index contributed by atoms with van der Waals surface area (Å²) >= 11 is 0. The van der Waals surface area contributed by atoms with Gasteiger partial charge in [0, 0.05) is 23.5 Å². The van der Waals surface area contributed by atoms with Crippen molar-refractivity contribution in [3.63, 3.8) is 0 Å². The maximum atomic E-state index is 11.9. The molecule has 2 aromatic rings. The van der Waals surface area contributed by atoms with E-state index in [1.807, 2.05) is 0 Å². The van der Waals surface area contributed by atoms with Gasteiger partial charge in [-0.1, -0.05) is 0 Å². The standard InChI is InChI=1S/C14H13N3O4/c1-8(9-2-4-15-5-3-9)16-17-14(21)10-6-11(18)13(20)12(19)7-10/h2-7,18-20H,1H3,(H,17,21)/b16-8+. The molecule has 0 unspecified atom stereocenters. The second-order valence-electron chi connectivity index (χ2n) is 4.24. The molecule has 0 fully saturated rings. The van der Waals surface area contributed by atoms with Gasteiger partial charge >= 0.3 is 0 Å². The molecule has 0 aliphatic carbocycles. The number of rotatable bonds is 3. The highest BCUT2D eigenvalue weighted by Crippen LogP contribution is 2.35. The van der Waals surface area contributed by atoms with Gasteiger partial charge in [-0.05, 0) is 31.2 Å². The predicted molar refractivity (Wildman–Crippen MR) is 75.4 cm³/mol. The largest absolute Gasteiger partial charge is 0.504 e. The van der Waals surface area contributed by atoms with Crippen molar-refractivity contribution in [2.24, 2.45) is 5.10 Å². The summed E-state index contributed by atoms with van der Waals surface area (Å²) in [5.41, 5.74) is 3.62. The molecule has 21 heavy (non-hydrogen) atoms. The molecule has 108 valence electrons. The first-order chi connectivity index (χ1) is 9.99. The lowest BCUT2D eigenvalue weighted by molar-refractivity contribution is 0.0954. The van der Waals surface area contributed by atoms with Crippen LogP contribution in [-0.4, -0.2) is 31.9 Å². The van der Waals surface area contributed by atoms with Crippen LogP contribution >= 0.6 is 0 Å². The fraction of sp³-hybridized carbons (Fsp3) is 0.0714. The molecule has 0 aliphatic heterocycles. The quantitative estimate of drug-likeness (QED) is 0.386. The van der Waals surface area contributed by atoms with Gasteiger partial charge < -0.3 is 15.3 Å². The number of hydrazone groups is 1. The van der Waals surface area contributed by atoms with Crippen LogP contribution in [0.5, 0.6) is 17.2 Å². The molecular formula is C14H13N3O4. The Kier molecular flexibility index (Phi) is 4.03. The summed E-state index contributed by atoms with van der Waals surface area (Å²) in [7, 11) is 0. The van der Waals surface area contributed by atoms with E-state index >= 15 is 0 Å². The van der Waals surface area contributed by atoms with Crippen LogP contribution < -0.4 is 5.43 Å². The lowest BCUT2D eigenvalue weighted by Crippen LogP contribution is -2.19. The minimum atomic E-state index is -0.678. The van der Waals surface area contributed by atoms with Gasteiger partial charge in [-0.25, -0.2) is 5.43 Å². The number of amides is 1. The van der Waals surface area contributed by atoms with E-state index in [1.165, 1.54) is 0 Å². The molecule has 0 saturated carbocycles. The molecule has 1 aromatic heterocycles. The van der Waals surface area contributed by atoms with Crippen molar-refractivity contribution in [1.29, 1.82) is 0 Å². The molecule has 1 heterocycles. The zero-order valence-corrected chi connectivity index (χ0v) is 11.1. The van der Waals surface area contributed by atoms with Gasteiger partial charge in [-0.15, -0.1) is 0 Å². The van der Waals surface area contributed by atoms with Gasteiger partial charge in [-0.2, -0.15) is 5.10 Å². The van der Waals surface area contributed by atoms with E-state index < -0.39 is 23.2 Å². The number of aromatic nitrogens is 1. The van der Waals surface area contributed by atoms with Crippen molar-refractivity contribution in [2.75, 3.05) is 0 Å². The number of phenols is 3. The van der Waals surface area contributed by atoms with Crippen molar-refractivity contribution in [3.8, 4) is 17.2 Å². The van der Waals surface area contributed by atoms with Crippen LogP contribution in [0.15, 0.2) is 41.8 Å². The SMILES string of the molecule is C/C(=N\NC(=O)c1cc(O)c(O)c(O)c1)c1ccncc1. The summed E-state index contributed by atoms with van der Waals surface area (Å²) in [4.78, 5) is 15.7. The van der Waals surface area contributed by atoms with E-state index in [0.717, 1.165) is 17.7 Å². The van der Waals surface area contributed by atoms with Crippen molar-refractivity contribution < 1.29 is 20.1 Å². The molecule has 0 atom stereocenters. The van der Waals surface area contributed by atoms with Crippen molar-refractivity contribution in [3.05, 3.63) is 47.8 Å². The Balaban J connectivity index is 2.15. The zero-order valence-electron chi connectivity index (χ0n) is 11.1. The first kappa shape index (κ1) is 14.3. The third-order valence-corrected chi connectivity index (χ3v) is 2.76. The third kappa shape index (κ3) is 3.27. The minimum absolute atomic E-state index is 0.0333. The highest BCUT2D eigenvalue weighted by molar-refractivity contribution is 6.01. The van der Waals surface area contributed by atoms with Gasteiger partial charge in [0.1, 0.15) is 0 Å². The molecule has 0 radical (unpaired) electrons. The second-order valence-corrected chi connectivity index (χ2v) is 4.24. The predicted octanol–water partition coefficient (Wildman–Crippen LogP) is 1.35. The van der Waals surface area contributed by atoms with Crippen LogP contribution in [0.3, 0.4) is 0 Å². The van der Waals surface area contributed by atoms with Crippen LogP contribution in [0.25, 0.3) is 0 Å². The van der Waals surface area contributed by atoms with E-state index in [4.69, 9.17) is 0 Å². The summed E-state index contributed by atoms with van der Waals surface area (Å²) in [6, 6.07) is 5.54. The van der Waals surface area contributed by atoms with Crippen LogP contribution in [0.1, 0.15) is 22.8 Å². The molecule has 0 bridgehead atoms. The number of pyridine rings is 1. The van der Waals surface area contributed by atoms with Crippen LogP contribution in [0.4, 0.5) is 0 Å². The number of carbonyl (C=O) groups excluding carboxylic acids is 1. The van der Waals surface area contributed by atoms with Crippen molar-refractivity contribution in [2.45, 2.75) is 6.92 Å². The maximum Gasteiger partial charge on any atom is 0.271 e. The van der Waals surface area contributed by atoms with Gasteiger partial charge in [-0.3, -0.25) is 9.78 Å². The third-order valence-electron chi connectivity index (χ3n) is 2.76. The van der Waals surface area contributed by atoms with Crippen molar-refractivity contribution in [1.82, 2.24) is 10.4 Å². The fourth-order valence-electron chi connectivity index (χ4n) is 1.59. The molecule has 1 amide bonds. The number of phenolic OH excluding ortho intramolecular Hbond substituents is 3. The molecule has 4 N–H and O–H groups in total. The fourth-order valence-corrected chi connectivity index (χ4v) is 1.59. The Hall–Kier alpha value is -3.09. The Bertz CT molecular complexity index is 676. The Morgan fingerprint density at radius 2 is 1.67 bits per heavy atom. The summed E-state index contributed by atoms with van der Waals surface area (Å²) in [6.45, 7) is 1.71. The van der Waals surface area contributed by atoms with Gasteiger partial charge in [0.2, 0.25) is 0 Å². The van der Waals surface area contributed by atoms with E-state index in [1.54, 1.807) is 31.5 Å². The zero-order chi connectivity index (χ0) is 15.4. The smallest absolute Gasteiger partial charge is 0.271 e. The molecule has 7 heteroatoms. The van der Waals surface area contributed by atoms with Crippen LogP contribution in [0, 0.1) is 0 Å². The molecular weight excluding hydrogens is 274 g/mol. The highest BCUT2D eigenvalue weighted by atomic mass is 16.3. The molecule has 0 spiro atoms. The molecule has 0 saturated heterocycles. The summed E-state index contributed by atoms with van der Waals surface area (Å²) < 4.78 is 0. The lowest BCUT2D eigenvalue weighted by Gasteiger charge is -2.05. The van der Waals surface area contributed by atoms with E-state index in [0.29, 0.717) is 5.71 Å². The average molecular weight is 287 g/mol. The van der Waals surface area contributed by atoms with E-state index in [9.17, 15) is 20.1 Å². The molecule has 1 aromatic carbocycles. The Morgan fingerprint density at radius 3 is 2.24 bits per heavy atom. The van der Waals surface area contributed by atoms with E-state index in [-0.39, 0.29) is 5.56 Å². The van der Waals surface area contributed by atoms with Gasteiger partial charge in [0.05, 0.1) is 5.71 Å². The summed E-state index contributed by atoms with van der Waals surface area (Å²) in [5, 5.41) is 31.8. The highest BCUT2D eigenvalue weighted by Gasteiger charge is 2.13. The topological polar surface area (TPSA) is 115 Å². The normalized spacial score (nSPS) is 11.2. The summed E-state index contributed by atoms with van der Waals surface area (Å²) in [5.74, 6) is -2.48. The number of benzene rings is 1. The van der Waals surface area contributed by atoms with Crippen molar-refractivity contribution >= 4 is 11.6 Å². The average Bonchev–Trinajstić information content (AvgIpc) is 2.50. The molecule has 0 aliphatic rings. The first-order valence-corrected chi connectivity index (χ1v) is 5.99. The van der Waals surface area contributed by atoms with E-state index in [2.05, 4.69) is 15.5 Å². The number of hydrogen-bond donors (Lipinski definition) is 4. The number of nitrogens with one attached hydrogen (secondary N) is 1. The van der Waals surface area contributed by atoms with Crippen LogP contribution in [-0.2, 0) is 0 Å². The molecule has 2 rings (SSSR count). The first-order valence-electron chi connectivity index (χ1n) is 5.99. The maximum absolute atomic E-state index is 11.9. The van der Waals surface area contributed by atoms with Gasteiger partial charge in [0.15, 0.2) is 17.2 Å². The summed E-state index contributed by atoms with van der Waals surface area (Å²) in [6.07, 6.45) is 3.21. The monoisotopic (exact) mass is 287 g/mol. The Morgan fingerprint density at radius 1 is 1.10 bits per heavy atom. The minimum Gasteiger partial charge on any atom is -0.504 e. The number of aromatic hydroxyl groups is 3. The second kappa shape index (κ2) is 5.91. The number of nitrogens with zero attached hydrogens (tertiary/aromatic N) is 2. The van der Waals surface area contributed by atoms with Crippen LogP contribution in [0.2, 0.25) is 0 Å². The molecule has 7 nitrogen and oxygen atoms in total. The Labute approximate surface area is 120 Å². The number of hydrogen-bond acceptors (Lipinski definition) is 6. The number of carbonyl (C=O) groups is 1.